The van der Waals surface area contributed by atoms with Crippen LogP contribution in [0.2, 0.25) is 0 Å². The maximum Gasteiger partial charge on any atom is 0.306 e. The standard InChI is InChI=1S/C17H35NO4/c1-17(2,3)22-16(19)10-6-4-7-12-20-13-8-5-9-14-21-15-11-18/h4-15,18H2,1-3H3. The number of rotatable bonds is 14. The van der Waals surface area contributed by atoms with Crippen LogP contribution < -0.4 is 5.73 Å². The zero-order valence-corrected chi connectivity index (χ0v) is 14.7. The van der Waals surface area contributed by atoms with Gasteiger partial charge in [0, 0.05) is 32.8 Å². The van der Waals surface area contributed by atoms with Crippen molar-refractivity contribution in [1.29, 1.82) is 0 Å². The molecule has 0 heterocycles. The van der Waals surface area contributed by atoms with E-state index in [0.29, 0.717) is 19.6 Å². The van der Waals surface area contributed by atoms with E-state index < -0.39 is 0 Å². The molecule has 0 fully saturated rings. The molecule has 0 aromatic carbocycles. The van der Waals surface area contributed by atoms with E-state index in [1.165, 1.54) is 0 Å². The van der Waals surface area contributed by atoms with E-state index in [2.05, 4.69) is 0 Å². The lowest BCUT2D eigenvalue weighted by molar-refractivity contribution is -0.154. The summed E-state index contributed by atoms with van der Waals surface area (Å²) < 4.78 is 16.1. The van der Waals surface area contributed by atoms with Crippen LogP contribution in [0.15, 0.2) is 0 Å². The molecule has 5 heteroatoms. The van der Waals surface area contributed by atoms with E-state index >= 15 is 0 Å². The molecule has 0 atom stereocenters. The van der Waals surface area contributed by atoms with Crippen molar-refractivity contribution in [3.63, 3.8) is 0 Å². The number of hydrogen-bond acceptors (Lipinski definition) is 5. The zero-order chi connectivity index (χ0) is 16.7. The van der Waals surface area contributed by atoms with Crippen LogP contribution in [0.4, 0.5) is 0 Å². The van der Waals surface area contributed by atoms with Crippen LogP contribution in [0.1, 0.15) is 65.7 Å². The molecule has 0 spiro atoms. The largest absolute Gasteiger partial charge is 0.460 e. The Kier molecular flexibility index (Phi) is 13.6. The topological polar surface area (TPSA) is 70.8 Å². The molecule has 0 aliphatic carbocycles. The number of esters is 1. The van der Waals surface area contributed by atoms with E-state index in [1.807, 2.05) is 20.8 Å². The molecule has 0 aromatic heterocycles. The van der Waals surface area contributed by atoms with Gasteiger partial charge in [-0.1, -0.05) is 6.42 Å². The van der Waals surface area contributed by atoms with Crippen molar-refractivity contribution in [2.75, 3.05) is 33.0 Å². The van der Waals surface area contributed by atoms with Gasteiger partial charge in [0.1, 0.15) is 5.60 Å². The SMILES string of the molecule is CC(C)(C)OC(=O)CCCCCOCCCCCOCCN. The van der Waals surface area contributed by atoms with Crippen molar-refractivity contribution in [2.24, 2.45) is 5.73 Å². The van der Waals surface area contributed by atoms with Crippen LogP contribution in [0.25, 0.3) is 0 Å². The van der Waals surface area contributed by atoms with Crippen LogP contribution in [0, 0.1) is 0 Å². The highest BCUT2D eigenvalue weighted by Crippen LogP contribution is 2.10. The van der Waals surface area contributed by atoms with Gasteiger partial charge < -0.3 is 19.9 Å². The highest BCUT2D eigenvalue weighted by molar-refractivity contribution is 5.69. The number of carbonyl (C=O) groups is 1. The summed E-state index contributed by atoms with van der Waals surface area (Å²) in [5.41, 5.74) is 4.95. The van der Waals surface area contributed by atoms with Gasteiger partial charge in [0.2, 0.25) is 0 Å². The number of nitrogens with two attached hydrogens (primary N) is 1. The Hall–Kier alpha value is -0.650. The normalized spacial score (nSPS) is 11.6. The Morgan fingerprint density at radius 3 is 1.82 bits per heavy atom. The van der Waals surface area contributed by atoms with Crippen LogP contribution in [-0.2, 0) is 19.0 Å². The maximum absolute atomic E-state index is 11.5. The minimum absolute atomic E-state index is 0.106. The fourth-order valence-electron chi connectivity index (χ4n) is 1.92. The minimum atomic E-state index is -0.379. The van der Waals surface area contributed by atoms with Gasteiger partial charge >= 0.3 is 5.97 Å². The van der Waals surface area contributed by atoms with Crippen molar-refractivity contribution in [3.8, 4) is 0 Å². The lowest BCUT2D eigenvalue weighted by atomic mass is 10.1. The quantitative estimate of drug-likeness (QED) is 0.394. The summed E-state index contributed by atoms with van der Waals surface area (Å²) in [4.78, 5) is 11.5. The summed E-state index contributed by atoms with van der Waals surface area (Å²) in [6.07, 6.45) is 6.65. The molecule has 0 saturated carbocycles. The van der Waals surface area contributed by atoms with E-state index in [1.54, 1.807) is 0 Å². The average molecular weight is 317 g/mol. The molecule has 2 N–H and O–H groups in total. The Bertz CT molecular complexity index is 264. The lowest BCUT2D eigenvalue weighted by Crippen LogP contribution is -2.23. The van der Waals surface area contributed by atoms with Gasteiger partial charge in [0.15, 0.2) is 0 Å². The summed E-state index contributed by atoms with van der Waals surface area (Å²) in [5.74, 6) is -0.106. The molecule has 0 radical (unpaired) electrons. The molecule has 0 unspecified atom stereocenters. The van der Waals surface area contributed by atoms with Crippen molar-refractivity contribution in [2.45, 2.75) is 71.3 Å². The Balaban J connectivity index is 3.16. The van der Waals surface area contributed by atoms with E-state index in [4.69, 9.17) is 19.9 Å². The van der Waals surface area contributed by atoms with Gasteiger partial charge in [-0.3, -0.25) is 4.79 Å². The van der Waals surface area contributed by atoms with Gasteiger partial charge in [-0.25, -0.2) is 0 Å². The number of ether oxygens (including phenoxy) is 3. The van der Waals surface area contributed by atoms with Crippen molar-refractivity contribution in [1.82, 2.24) is 0 Å². The van der Waals surface area contributed by atoms with Gasteiger partial charge in [-0.05, 0) is 52.9 Å². The molecular formula is C17H35NO4. The smallest absolute Gasteiger partial charge is 0.306 e. The van der Waals surface area contributed by atoms with E-state index in [9.17, 15) is 4.79 Å². The highest BCUT2D eigenvalue weighted by atomic mass is 16.6. The summed E-state index contributed by atoms with van der Waals surface area (Å²) >= 11 is 0. The van der Waals surface area contributed by atoms with Gasteiger partial charge in [0.05, 0.1) is 6.61 Å². The van der Waals surface area contributed by atoms with Crippen LogP contribution in [0.3, 0.4) is 0 Å². The van der Waals surface area contributed by atoms with Gasteiger partial charge in [-0.2, -0.15) is 0 Å². The molecule has 0 aliphatic rings. The van der Waals surface area contributed by atoms with Crippen LogP contribution in [0.5, 0.6) is 0 Å². The number of unbranched alkanes of at least 4 members (excludes halogenated alkanes) is 4. The number of hydrogen-bond donors (Lipinski definition) is 1. The molecule has 0 rings (SSSR count). The molecule has 0 aliphatic heterocycles. The average Bonchev–Trinajstić information content (AvgIpc) is 2.42. The third kappa shape index (κ3) is 17.4. The first-order valence-corrected chi connectivity index (χ1v) is 8.53. The monoisotopic (exact) mass is 317 g/mol. The summed E-state index contributed by atoms with van der Waals surface area (Å²) in [6.45, 7) is 9.30. The Labute approximate surface area is 135 Å². The summed E-state index contributed by atoms with van der Waals surface area (Å²) in [5, 5.41) is 0. The molecule has 0 saturated heterocycles. The van der Waals surface area contributed by atoms with Crippen LogP contribution in [-0.4, -0.2) is 44.5 Å². The lowest BCUT2D eigenvalue weighted by Gasteiger charge is -2.19. The molecule has 132 valence electrons. The predicted octanol–water partition coefficient (Wildman–Crippen LogP) is 3.05. The first-order chi connectivity index (χ1) is 10.5. The van der Waals surface area contributed by atoms with Crippen molar-refractivity contribution < 1.29 is 19.0 Å². The van der Waals surface area contributed by atoms with Gasteiger partial charge in [0.25, 0.3) is 0 Å². The molecular weight excluding hydrogens is 282 g/mol. The number of carbonyl (C=O) groups excluding carboxylic acids is 1. The zero-order valence-electron chi connectivity index (χ0n) is 14.7. The maximum atomic E-state index is 11.5. The second kappa shape index (κ2) is 14.0. The fourth-order valence-corrected chi connectivity index (χ4v) is 1.92. The molecule has 22 heavy (non-hydrogen) atoms. The third-order valence-electron chi connectivity index (χ3n) is 2.93. The second-order valence-corrected chi connectivity index (χ2v) is 6.47. The minimum Gasteiger partial charge on any atom is -0.460 e. The molecule has 0 bridgehead atoms. The second-order valence-electron chi connectivity index (χ2n) is 6.47. The third-order valence-corrected chi connectivity index (χ3v) is 2.93. The van der Waals surface area contributed by atoms with Crippen molar-refractivity contribution >= 4 is 5.97 Å². The Morgan fingerprint density at radius 2 is 1.32 bits per heavy atom. The highest BCUT2D eigenvalue weighted by Gasteiger charge is 2.15. The summed E-state index contributed by atoms with van der Waals surface area (Å²) in [6, 6.07) is 0. The molecule has 0 aromatic rings. The van der Waals surface area contributed by atoms with Crippen LogP contribution >= 0.6 is 0 Å². The summed E-state index contributed by atoms with van der Waals surface area (Å²) in [7, 11) is 0. The molecule has 0 amide bonds. The first-order valence-electron chi connectivity index (χ1n) is 8.53. The fraction of sp³-hybridized carbons (Fsp3) is 0.941. The van der Waals surface area contributed by atoms with E-state index in [-0.39, 0.29) is 11.6 Å². The Morgan fingerprint density at radius 1 is 0.818 bits per heavy atom. The van der Waals surface area contributed by atoms with Gasteiger partial charge in [-0.15, -0.1) is 0 Å². The van der Waals surface area contributed by atoms with E-state index in [0.717, 1.165) is 58.3 Å². The predicted molar refractivity (Wildman–Crippen MR) is 88.9 cm³/mol. The van der Waals surface area contributed by atoms with Crippen molar-refractivity contribution in [3.05, 3.63) is 0 Å². The molecule has 5 nitrogen and oxygen atoms in total. The first kappa shape index (κ1) is 21.4.